The van der Waals surface area contributed by atoms with E-state index < -0.39 is 0 Å². The molecule has 0 aromatic carbocycles. The van der Waals surface area contributed by atoms with Gasteiger partial charge in [0.2, 0.25) is 0 Å². The third-order valence-electron chi connectivity index (χ3n) is 7.19. The number of esters is 1. The van der Waals surface area contributed by atoms with Crippen LogP contribution in [0.25, 0.3) is 0 Å². The molecule has 0 radical (unpaired) electrons. The van der Waals surface area contributed by atoms with Crippen molar-refractivity contribution in [2.45, 2.75) is 175 Å². The lowest BCUT2D eigenvalue weighted by Gasteiger charge is -2.07. The van der Waals surface area contributed by atoms with Gasteiger partial charge < -0.3 is 4.74 Å². The Morgan fingerprint density at radius 3 is 1.65 bits per heavy atom. The average molecular weight is 479 g/mol. The number of rotatable bonds is 27. The summed E-state index contributed by atoms with van der Waals surface area (Å²) in [5.74, 6) is 0.934. The molecule has 0 aromatic rings. The van der Waals surface area contributed by atoms with E-state index in [1.807, 2.05) is 0 Å². The molecule has 0 saturated heterocycles. The summed E-state index contributed by atoms with van der Waals surface area (Å²) >= 11 is 0. The molecule has 1 atom stereocenters. The average Bonchev–Trinajstić information content (AvgIpc) is 2.84. The number of allylic oxidation sites excluding steroid dienone is 2. The second kappa shape index (κ2) is 28.4. The molecule has 0 N–H and O–H groups in total. The molecule has 0 aromatic heterocycles. The van der Waals surface area contributed by atoms with Crippen molar-refractivity contribution in [2.75, 3.05) is 6.61 Å². The lowest BCUT2D eigenvalue weighted by molar-refractivity contribution is -0.143. The first-order valence-electron chi connectivity index (χ1n) is 15.5. The van der Waals surface area contributed by atoms with E-state index in [4.69, 9.17) is 4.74 Å². The minimum Gasteiger partial charge on any atom is -0.466 e. The van der Waals surface area contributed by atoms with Crippen LogP contribution in [-0.2, 0) is 9.53 Å². The minimum absolute atomic E-state index is 0.0127. The second-order valence-electron chi connectivity index (χ2n) is 10.7. The van der Waals surface area contributed by atoms with E-state index in [0.717, 1.165) is 25.2 Å². The van der Waals surface area contributed by atoms with E-state index in [0.29, 0.717) is 13.0 Å². The molecule has 0 rings (SSSR count). The summed E-state index contributed by atoms with van der Waals surface area (Å²) in [7, 11) is 0. The maximum absolute atomic E-state index is 11.8. The Hall–Kier alpha value is -0.790. The van der Waals surface area contributed by atoms with Crippen LogP contribution >= 0.6 is 0 Å². The lowest BCUT2D eigenvalue weighted by atomic mass is 9.99. The molecule has 1 unspecified atom stereocenters. The van der Waals surface area contributed by atoms with Gasteiger partial charge in [-0.25, -0.2) is 0 Å². The van der Waals surface area contributed by atoms with Gasteiger partial charge in [0.1, 0.15) is 0 Å². The van der Waals surface area contributed by atoms with Crippen LogP contribution in [0, 0.1) is 5.92 Å². The van der Waals surface area contributed by atoms with Gasteiger partial charge in [0.15, 0.2) is 0 Å². The molecule has 0 aliphatic heterocycles. The molecule has 2 nitrogen and oxygen atoms in total. The molecule has 0 bridgehead atoms. The third kappa shape index (κ3) is 27.5. The van der Waals surface area contributed by atoms with E-state index in [-0.39, 0.29) is 5.97 Å². The number of ether oxygens (including phenoxy) is 1. The van der Waals surface area contributed by atoms with Crippen LogP contribution in [0.15, 0.2) is 12.2 Å². The van der Waals surface area contributed by atoms with Crippen LogP contribution < -0.4 is 0 Å². The summed E-state index contributed by atoms with van der Waals surface area (Å²) in [6.07, 6.45) is 35.3. The maximum atomic E-state index is 11.8. The van der Waals surface area contributed by atoms with Crippen LogP contribution in [0.4, 0.5) is 0 Å². The van der Waals surface area contributed by atoms with E-state index >= 15 is 0 Å². The zero-order chi connectivity index (χ0) is 25.0. The quantitative estimate of drug-likeness (QED) is 0.0666. The Morgan fingerprint density at radius 1 is 0.618 bits per heavy atom. The zero-order valence-corrected chi connectivity index (χ0v) is 23.7. The van der Waals surface area contributed by atoms with Gasteiger partial charge in [0.05, 0.1) is 6.61 Å². The maximum Gasteiger partial charge on any atom is 0.305 e. The zero-order valence-electron chi connectivity index (χ0n) is 23.7. The highest BCUT2D eigenvalue weighted by atomic mass is 16.5. The minimum atomic E-state index is 0.0127. The summed E-state index contributed by atoms with van der Waals surface area (Å²) < 4.78 is 5.41. The van der Waals surface area contributed by atoms with Gasteiger partial charge >= 0.3 is 5.97 Å². The molecule has 0 aliphatic rings. The molecule has 0 saturated carbocycles. The van der Waals surface area contributed by atoms with Gasteiger partial charge in [0.25, 0.3) is 0 Å². The van der Waals surface area contributed by atoms with Gasteiger partial charge in [-0.15, -0.1) is 0 Å². The van der Waals surface area contributed by atoms with Crippen molar-refractivity contribution >= 4 is 5.97 Å². The van der Waals surface area contributed by atoms with Crippen molar-refractivity contribution in [1.29, 1.82) is 0 Å². The summed E-state index contributed by atoms with van der Waals surface area (Å²) in [6, 6.07) is 0. The fraction of sp³-hybridized carbons (Fsp3) is 0.906. The Bertz CT molecular complexity index is 429. The number of hydrogen-bond acceptors (Lipinski definition) is 2. The number of carbonyl (C=O) groups is 1. The van der Waals surface area contributed by atoms with E-state index in [1.54, 1.807) is 0 Å². The van der Waals surface area contributed by atoms with Crippen LogP contribution in [0.2, 0.25) is 0 Å². The van der Waals surface area contributed by atoms with Crippen molar-refractivity contribution in [1.82, 2.24) is 0 Å². The molecule has 34 heavy (non-hydrogen) atoms. The number of unbranched alkanes of at least 4 members (excludes halogenated alkanes) is 18. The summed E-state index contributed by atoms with van der Waals surface area (Å²) in [4.78, 5) is 11.8. The molecule has 0 amide bonds. The third-order valence-corrected chi connectivity index (χ3v) is 7.19. The second-order valence-corrected chi connectivity index (χ2v) is 10.7. The van der Waals surface area contributed by atoms with Gasteiger partial charge in [-0.1, -0.05) is 148 Å². The normalized spacial score (nSPS) is 12.4. The van der Waals surface area contributed by atoms with E-state index in [9.17, 15) is 4.79 Å². The molecule has 202 valence electrons. The van der Waals surface area contributed by atoms with Crippen LogP contribution in [0.3, 0.4) is 0 Å². The Labute approximate surface area is 215 Å². The predicted octanol–water partition coefficient (Wildman–Crippen LogP) is 11.1. The SMILES string of the molecule is CCCC/C=C\CCCCCCCC(=O)OCCCCCCCCCCCCCCC(C)CC. The first-order valence-corrected chi connectivity index (χ1v) is 15.5. The number of hydrogen-bond donors (Lipinski definition) is 0. The highest BCUT2D eigenvalue weighted by Gasteiger charge is 2.02. The highest BCUT2D eigenvalue weighted by Crippen LogP contribution is 2.16. The Kier molecular flexibility index (Phi) is 27.8. The van der Waals surface area contributed by atoms with Crippen molar-refractivity contribution in [3.8, 4) is 0 Å². The lowest BCUT2D eigenvalue weighted by Crippen LogP contribution is -2.05. The van der Waals surface area contributed by atoms with Crippen molar-refractivity contribution < 1.29 is 9.53 Å². The van der Waals surface area contributed by atoms with Crippen LogP contribution in [-0.4, -0.2) is 12.6 Å². The molecule has 0 heterocycles. The monoisotopic (exact) mass is 478 g/mol. The molecular formula is C32H62O2. The largest absolute Gasteiger partial charge is 0.466 e. The fourth-order valence-electron chi connectivity index (χ4n) is 4.44. The van der Waals surface area contributed by atoms with Gasteiger partial charge in [-0.2, -0.15) is 0 Å². The van der Waals surface area contributed by atoms with E-state index in [2.05, 4.69) is 32.9 Å². The first kappa shape index (κ1) is 33.2. The Balaban J connectivity index is 3.19. The van der Waals surface area contributed by atoms with Crippen molar-refractivity contribution in [3.05, 3.63) is 12.2 Å². The van der Waals surface area contributed by atoms with E-state index in [1.165, 1.54) is 128 Å². The molecule has 0 fully saturated rings. The van der Waals surface area contributed by atoms with Crippen molar-refractivity contribution in [3.63, 3.8) is 0 Å². The predicted molar refractivity (Wildman–Crippen MR) is 151 cm³/mol. The molecule has 0 spiro atoms. The standard InChI is InChI=1S/C32H62O2/c1-4-6-7-8-9-10-13-17-20-23-26-29-32(33)34-30-27-24-21-18-15-12-11-14-16-19-22-25-28-31(3)5-2/h8-9,31H,4-7,10-30H2,1-3H3/b9-8-. The topological polar surface area (TPSA) is 26.3 Å². The summed E-state index contributed by atoms with van der Waals surface area (Å²) in [5.41, 5.74) is 0. The van der Waals surface area contributed by atoms with Crippen LogP contribution in [0.1, 0.15) is 175 Å². The van der Waals surface area contributed by atoms with Crippen molar-refractivity contribution in [2.24, 2.45) is 5.92 Å². The first-order chi connectivity index (χ1) is 16.7. The van der Waals surface area contributed by atoms with Crippen LogP contribution in [0.5, 0.6) is 0 Å². The number of carbonyl (C=O) groups excluding carboxylic acids is 1. The molecule has 2 heteroatoms. The summed E-state index contributed by atoms with van der Waals surface area (Å²) in [6.45, 7) is 7.55. The highest BCUT2D eigenvalue weighted by molar-refractivity contribution is 5.69. The summed E-state index contributed by atoms with van der Waals surface area (Å²) in [5, 5.41) is 0. The van der Waals surface area contributed by atoms with Gasteiger partial charge in [0, 0.05) is 6.42 Å². The fourth-order valence-corrected chi connectivity index (χ4v) is 4.44. The van der Waals surface area contributed by atoms with Gasteiger partial charge in [-0.05, 0) is 38.0 Å². The Morgan fingerprint density at radius 2 is 1.09 bits per heavy atom. The molecular weight excluding hydrogens is 416 g/mol. The van der Waals surface area contributed by atoms with Gasteiger partial charge in [-0.3, -0.25) is 4.79 Å². The molecule has 0 aliphatic carbocycles. The smallest absolute Gasteiger partial charge is 0.305 e.